The first kappa shape index (κ1) is 10.2. The first-order valence-electron chi connectivity index (χ1n) is 4.03. The van der Waals surface area contributed by atoms with Gasteiger partial charge in [-0.05, 0) is 6.07 Å². The van der Waals surface area contributed by atoms with Crippen LogP contribution in [0, 0.1) is 5.82 Å². The van der Waals surface area contributed by atoms with Gasteiger partial charge in [-0.25, -0.2) is 4.39 Å². The van der Waals surface area contributed by atoms with Gasteiger partial charge in [-0.15, -0.1) is 0 Å². The zero-order chi connectivity index (χ0) is 10.6. The number of aliphatic carboxylic acids is 1. The molecule has 0 aromatic heterocycles. The minimum Gasteiger partial charge on any atom is -0.481 e. The summed E-state index contributed by atoms with van der Waals surface area (Å²) >= 11 is 0. The van der Waals surface area contributed by atoms with Gasteiger partial charge in [0.25, 0.3) is 0 Å². The molecule has 14 heavy (non-hydrogen) atoms. The number of carboxylic acids is 1. The molecule has 0 aliphatic carbocycles. The molecule has 0 heterocycles. The molecule has 1 aromatic carbocycles. The lowest BCUT2D eigenvalue weighted by atomic mass is 10.1. The number of hydrogen-bond donors (Lipinski definition) is 2. The largest absolute Gasteiger partial charge is 0.481 e. The molecule has 0 saturated heterocycles. The van der Waals surface area contributed by atoms with Gasteiger partial charge in [0.15, 0.2) is 0 Å². The highest BCUT2D eigenvalue weighted by atomic mass is 19.1. The first-order valence-corrected chi connectivity index (χ1v) is 4.03. The normalized spacial score (nSPS) is 10.6. The van der Waals surface area contributed by atoms with E-state index in [2.05, 4.69) is 0 Å². The summed E-state index contributed by atoms with van der Waals surface area (Å²) in [5.41, 5.74) is 5.95. The standard InChI is InChI=1S/C10H10FNO2/c11-8-5-1-3-7(10(8)12)4-2-6-9(13)14/h1-5H,6,12H2,(H,13,14). The van der Waals surface area contributed by atoms with Crippen LogP contribution < -0.4 is 5.73 Å². The number of para-hydroxylation sites is 1. The van der Waals surface area contributed by atoms with Crippen LogP contribution in [0.25, 0.3) is 6.08 Å². The van der Waals surface area contributed by atoms with E-state index in [1.54, 1.807) is 6.07 Å². The maximum atomic E-state index is 12.9. The number of carboxylic acid groups (broad SMARTS) is 1. The van der Waals surface area contributed by atoms with Crippen LogP contribution >= 0.6 is 0 Å². The molecule has 0 amide bonds. The number of benzene rings is 1. The molecule has 0 fully saturated rings. The van der Waals surface area contributed by atoms with Gasteiger partial charge in [-0.3, -0.25) is 4.79 Å². The highest BCUT2D eigenvalue weighted by Gasteiger charge is 2.00. The molecule has 1 rings (SSSR count). The van der Waals surface area contributed by atoms with Crippen molar-refractivity contribution >= 4 is 17.7 Å². The summed E-state index contributed by atoms with van der Waals surface area (Å²) in [5.74, 6) is -1.43. The number of halogens is 1. The van der Waals surface area contributed by atoms with Gasteiger partial charge in [0.05, 0.1) is 12.1 Å². The van der Waals surface area contributed by atoms with Crippen molar-refractivity contribution in [2.75, 3.05) is 5.73 Å². The second kappa shape index (κ2) is 4.41. The van der Waals surface area contributed by atoms with Crippen molar-refractivity contribution in [2.45, 2.75) is 6.42 Å². The smallest absolute Gasteiger partial charge is 0.307 e. The summed E-state index contributed by atoms with van der Waals surface area (Å²) in [5, 5.41) is 8.36. The zero-order valence-electron chi connectivity index (χ0n) is 7.40. The molecule has 0 aliphatic rings. The van der Waals surface area contributed by atoms with Crippen LogP contribution in [-0.2, 0) is 4.79 Å². The maximum Gasteiger partial charge on any atom is 0.307 e. The van der Waals surface area contributed by atoms with Gasteiger partial charge in [0.1, 0.15) is 5.82 Å². The lowest BCUT2D eigenvalue weighted by Gasteiger charge is -2.00. The molecule has 4 heteroatoms. The Labute approximate surface area is 80.7 Å². The highest BCUT2D eigenvalue weighted by Crippen LogP contribution is 2.17. The number of anilines is 1. The molecule has 0 unspecified atom stereocenters. The average Bonchev–Trinajstić information content (AvgIpc) is 2.12. The third-order valence-corrected chi connectivity index (χ3v) is 1.68. The SMILES string of the molecule is Nc1c(F)cccc1C=CCC(=O)O. The topological polar surface area (TPSA) is 63.3 Å². The van der Waals surface area contributed by atoms with E-state index in [1.165, 1.54) is 24.3 Å². The van der Waals surface area contributed by atoms with Crippen LogP contribution in [0.3, 0.4) is 0 Å². The Morgan fingerprint density at radius 2 is 2.29 bits per heavy atom. The number of rotatable bonds is 3. The molecule has 0 radical (unpaired) electrons. The van der Waals surface area contributed by atoms with Gasteiger partial charge in [-0.2, -0.15) is 0 Å². The van der Waals surface area contributed by atoms with Crippen molar-refractivity contribution < 1.29 is 14.3 Å². The quantitative estimate of drug-likeness (QED) is 0.724. The molecule has 0 bridgehead atoms. The van der Waals surface area contributed by atoms with Crippen molar-refractivity contribution in [1.29, 1.82) is 0 Å². The predicted molar refractivity (Wildman–Crippen MR) is 52.1 cm³/mol. The third kappa shape index (κ3) is 2.58. The fourth-order valence-electron chi connectivity index (χ4n) is 0.986. The lowest BCUT2D eigenvalue weighted by Crippen LogP contribution is -1.94. The van der Waals surface area contributed by atoms with Crippen LogP contribution in [0.15, 0.2) is 24.3 Å². The number of hydrogen-bond acceptors (Lipinski definition) is 2. The third-order valence-electron chi connectivity index (χ3n) is 1.68. The van der Waals surface area contributed by atoms with Crippen molar-refractivity contribution in [3.8, 4) is 0 Å². The molecule has 0 atom stereocenters. The van der Waals surface area contributed by atoms with Crippen LogP contribution in [-0.4, -0.2) is 11.1 Å². The van der Waals surface area contributed by atoms with E-state index in [9.17, 15) is 9.18 Å². The summed E-state index contributed by atoms with van der Waals surface area (Å²) in [6.07, 6.45) is 2.82. The summed E-state index contributed by atoms with van der Waals surface area (Å²) in [6.45, 7) is 0. The Hall–Kier alpha value is -1.84. The van der Waals surface area contributed by atoms with E-state index in [-0.39, 0.29) is 12.1 Å². The van der Waals surface area contributed by atoms with Gasteiger partial charge in [0, 0.05) is 5.56 Å². The van der Waals surface area contributed by atoms with Crippen LogP contribution in [0.2, 0.25) is 0 Å². The summed E-state index contributed by atoms with van der Waals surface area (Å²) in [6, 6.07) is 4.40. The molecule has 3 N–H and O–H groups in total. The van der Waals surface area contributed by atoms with E-state index in [1.807, 2.05) is 0 Å². The molecule has 0 aliphatic heterocycles. The van der Waals surface area contributed by atoms with E-state index in [0.29, 0.717) is 5.56 Å². The Balaban J connectivity index is 2.81. The zero-order valence-corrected chi connectivity index (χ0v) is 7.40. The van der Waals surface area contributed by atoms with Crippen molar-refractivity contribution in [2.24, 2.45) is 0 Å². The molecule has 74 valence electrons. The highest BCUT2D eigenvalue weighted by molar-refractivity contribution is 5.72. The van der Waals surface area contributed by atoms with Crippen molar-refractivity contribution in [3.63, 3.8) is 0 Å². The molecule has 0 saturated carbocycles. The molecule has 3 nitrogen and oxygen atoms in total. The Morgan fingerprint density at radius 1 is 1.57 bits per heavy atom. The Bertz CT molecular complexity index is 374. The van der Waals surface area contributed by atoms with Gasteiger partial charge >= 0.3 is 5.97 Å². The lowest BCUT2D eigenvalue weighted by molar-refractivity contribution is -0.135. The number of carbonyl (C=O) groups is 1. The van der Waals surface area contributed by atoms with Crippen LogP contribution in [0.5, 0.6) is 0 Å². The van der Waals surface area contributed by atoms with Gasteiger partial charge in [0.2, 0.25) is 0 Å². The van der Waals surface area contributed by atoms with Crippen molar-refractivity contribution in [3.05, 3.63) is 35.7 Å². The molecular weight excluding hydrogens is 185 g/mol. The molecule has 1 aromatic rings. The van der Waals surface area contributed by atoms with Gasteiger partial charge < -0.3 is 10.8 Å². The monoisotopic (exact) mass is 195 g/mol. The maximum absolute atomic E-state index is 12.9. The summed E-state index contributed by atoms with van der Waals surface area (Å²) in [7, 11) is 0. The van der Waals surface area contributed by atoms with Gasteiger partial charge in [-0.1, -0.05) is 24.3 Å². The molecular formula is C10H10FNO2. The summed E-state index contributed by atoms with van der Waals surface area (Å²) in [4.78, 5) is 10.2. The molecule has 0 spiro atoms. The van der Waals surface area contributed by atoms with E-state index in [0.717, 1.165) is 0 Å². The predicted octanol–water partition coefficient (Wildman–Crippen LogP) is 1.90. The minimum absolute atomic E-state index is 0.0362. The average molecular weight is 195 g/mol. The Kier molecular flexibility index (Phi) is 3.23. The number of nitrogen functional groups attached to an aromatic ring is 1. The fraction of sp³-hybridized carbons (Fsp3) is 0.100. The minimum atomic E-state index is -0.934. The van der Waals surface area contributed by atoms with Crippen LogP contribution in [0.4, 0.5) is 10.1 Å². The van der Waals surface area contributed by atoms with E-state index in [4.69, 9.17) is 10.8 Å². The second-order valence-electron chi connectivity index (χ2n) is 2.74. The fourth-order valence-corrected chi connectivity index (χ4v) is 0.986. The van der Waals surface area contributed by atoms with E-state index < -0.39 is 11.8 Å². The Morgan fingerprint density at radius 3 is 2.93 bits per heavy atom. The summed E-state index contributed by atoms with van der Waals surface area (Å²) < 4.78 is 12.9. The van der Waals surface area contributed by atoms with Crippen molar-refractivity contribution in [1.82, 2.24) is 0 Å². The van der Waals surface area contributed by atoms with Crippen LogP contribution in [0.1, 0.15) is 12.0 Å². The number of nitrogens with two attached hydrogens (primary N) is 1. The van der Waals surface area contributed by atoms with E-state index >= 15 is 0 Å². The second-order valence-corrected chi connectivity index (χ2v) is 2.74. The first-order chi connectivity index (χ1) is 6.61.